The number of carbonyl (C=O) groups excluding carboxylic acids is 2. The molecular weight excluding hydrogens is 369 g/mol. The highest BCUT2D eigenvalue weighted by molar-refractivity contribution is 7.99. The molecule has 3 amide bonds. The molecule has 0 saturated carbocycles. The Morgan fingerprint density at radius 3 is 2.78 bits per heavy atom. The number of amides is 3. The number of piperidine rings is 1. The fourth-order valence-corrected chi connectivity index (χ4v) is 4.70. The summed E-state index contributed by atoms with van der Waals surface area (Å²) in [4.78, 5) is 27.1. The van der Waals surface area contributed by atoms with Crippen molar-refractivity contribution in [1.82, 2.24) is 15.5 Å². The number of urea groups is 1. The number of likely N-dealkylation sites (tertiary alicyclic amines) is 1. The number of thioether (sulfide) groups is 1. The van der Waals surface area contributed by atoms with Crippen LogP contribution in [0.3, 0.4) is 0 Å². The number of rotatable bonds is 5. The van der Waals surface area contributed by atoms with Gasteiger partial charge in [0.25, 0.3) is 0 Å². The van der Waals surface area contributed by atoms with Gasteiger partial charge in [-0.25, -0.2) is 9.18 Å². The number of aliphatic hydroxyl groups is 1. The Labute approximate surface area is 162 Å². The summed E-state index contributed by atoms with van der Waals surface area (Å²) in [5.74, 6) is 0.449. The van der Waals surface area contributed by atoms with Crippen LogP contribution < -0.4 is 10.6 Å². The summed E-state index contributed by atoms with van der Waals surface area (Å²) in [5.41, 5.74) is 0.845. The van der Waals surface area contributed by atoms with E-state index in [1.807, 2.05) is 6.07 Å². The number of benzene rings is 1. The SMILES string of the molecule is O=C(NCCCO)C1CCN(C(=O)NC2CCSc3c(F)cccc32)CC1. The molecular formula is C19H26FN3O3S. The lowest BCUT2D eigenvalue weighted by atomic mass is 9.96. The lowest BCUT2D eigenvalue weighted by Crippen LogP contribution is -2.48. The molecule has 2 heterocycles. The van der Waals surface area contributed by atoms with Crippen molar-refractivity contribution >= 4 is 23.7 Å². The summed E-state index contributed by atoms with van der Waals surface area (Å²) >= 11 is 1.49. The number of halogens is 1. The normalized spacial score (nSPS) is 20.1. The van der Waals surface area contributed by atoms with Gasteiger partial charge >= 0.3 is 6.03 Å². The molecule has 3 N–H and O–H groups in total. The number of hydrogen-bond donors (Lipinski definition) is 3. The molecule has 148 valence electrons. The highest BCUT2D eigenvalue weighted by Gasteiger charge is 2.30. The predicted octanol–water partition coefficient (Wildman–Crippen LogP) is 2.28. The average Bonchev–Trinajstić information content (AvgIpc) is 2.69. The Kier molecular flexibility index (Phi) is 6.95. The Morgan fingerprint density at radius 1 is 1.26 bits per heavy atom. The first-order valence-electron chi connectivity index (χ1n) is 9.45. The van der Waals surface area contributed by atoms with Gasteiger partial charge in [-0.2, -0.15) is 0 Å². The van der Waals surface area contributed by atoms with Gasteiger partial charge in [0.15, 0.2) is 0 Å². The maximum absolute atomic E-state index is 14.0. The summed E-state index contributed by atoms with van der Waals surface area (Å²) in [5, 5.41) is 14.6. The van der Waals surface area contributed by atoms with Crippen LogP contribution in [0.2, 0.25) is 0 Å². The molecule has 2 aliphatic heterocycles. The van der Waals surface area contributed by atoms with Crippen LogP contribution >= 0.6 is 11.8 Å². The molecule has 27 heavy (non-hydrogen) atoms. The van der Waals surface area contributed by atoms with Crippen LogP contribution in [0, 0.1) is 11.7 Å². The van der Waals surface area contributed by atoms with E-state index in [9.17, 15) is 14.0 Å². The molecule has 0 radical (unpaired) electrons. The van der Waals surface area contributed by atoms with Gasteiger partial charge in [-0.05, 0) is 37.3 Å². The summed E-state index contributed by atoms with van der Waals surface area (Å²) in [6.45, 7) is 1.60. The van der Waals surface area contributed by atoms with Crippen molar-refractivity contribution in [2.45, 2.75) is 36.6 Å². The molecule has 1 saturated heterocycles. The van der Waals surface area contributed by atoms with E-state index in [2.05, 4.69) is 10.6 Å². The molecule has 0 bridgehead atoms. The quantitative estimate of drug-likeness (QED) is 0.668. The van der Waals surface area contributed by atoms with Crippen molar-refractivity contribution in [3.05, 3.63) is 29.6 Å². The Bertz CT molecular complexity index is 680. The number of hydrogen-bond acceptors (Lipinski definition) is 4. The molecule has 0 aromatic heterocycles. The minimum atomic E-state index is -0.232. The summed E-state index contributed by atoms with van der Waals surface area (Å²) in [6, 6.07) is 4.68. The van der Waals surface area contributed by atoms with Gasteiger partial charge in [-0.15, -0.1) is 11.8 Å². The number of fused-ring (bicyclic) bond motifs is 1. The van der Waals surface area contributed by atoms with Gasteiger partial charge in [0.1, 0.15) is 5.82 Å². The third kappa shape index (κ3) is 4.93. The first-order chi connectivity index (χ1) is 13.1. The van der Waals surface area contributed by atoms with E-state index < -0.39 is 0 Å². The van der Waals surface area contributed by atoms with E-state index in [1.165, 1.54) is 17.8 Å². The first-order valence-corrected chi connectivity index (χ1v) is 10.4. The minimum Gasteiger partial charge on any atom is -0.396 e. The van der Waals surface area contributed by atoms with Crippen molar-refractivity contribution in [1.29, 1.82) is 0 Å². The molecule has 8 heteroatoms. The summed E-state index contributed by atoms with van der Waals surface area (Å²) < 4.78 is 14.0. The van der Waals surface area contributed by atoms with Crippen LogP contribution in [0.15, 0.2) is 23.1 Å². The highest BCUT2D eigenvalue weighted by Crippen LogP contribution is 2.37. The van der Waals surface area contributed by atoms with Crippen molar-refractivity contribution in [2.75, 3.05) is 32.0 Å². The summed E-state index contributed by atoms with van der Waals surface area (Å²) in [6.07, 6.45) is 2.58. The monoisotopic (exact) mass is 395 g/mol. The minimum absolute atomic E-state index is 0.00258. The largest absolute Gasteiger partial charge is 0.396 e. The first kappa shape index (κ1) is 19.9. The second-order valence-corrected chi connectivity index (χ2v) is 8.03. The van der Waals surface area contributed by atoms with Gasteiger partial charge in [-0.1, -0.05) is 12.1 Å². The fourth-order valence-electron chi connectivity index (χ4n) is 3.56. The second-order valence-electron chi connectivity index (χ2n) is 6.93. The zero-order chi connectivity index (χ0) is 19.2. The summed E-state index contributed by atoms with van der Waals surface area (Å²) in [7, 11) is 0. The van der Waals surface area contributed by atoms with Crippen LogP contribution in [0.1, 0.15) is 37.3 Å². The number of aliphatic hydroxyl groups excluding tert-OH is 1. The molecule has 0 aliphatic carbocycles. The maximum atomic E-state index is 14.0. The van der Waals surface area contributed by atoms with Crippen LogP contribution in [-0.2, 0) is 4.79 Å². The number of nitrogens with one attached hydrogen (secondary N) is 2. The van der Waals surface area contributed by atoms with Crippen molar-refractivity contribution in [2.24, 2.45) is 5.92 Å². The van der Waals surface area contributed by atoms with E-state index in [0.29, 0.717) is 43.8 Å². The Morgan fingerprint density at radius 2 is 2.04 bits per heavy atom. The predicted molar refractivity (Wildman–Crippen MR) is 102 cm³/mol. The van der Waals surface area contributed by atoms with Crippen molar-refractivity contribution < 1.29 is 19.1 Å². The van der Waals surface area contributed by atoms with Crippen molar-refractivity contribution in [3.8, 4) is 0 Å². The zero-order valence-electron chi connectivity index (χ0n) is 15.2. The fraction of sp³-hybridized carbons (Fsp3) is 0.579. The molecule has 0 spiro atoms. The Balaban J connectivity index is 1.51. The van der Waals surface area contributed by atoms with E-state index in [-0.39, 0.29) is 36.3 Å². The van der Waals surface area contributed by atoms with E-state index >= 15 is 0 Å². The lowest BCUT2D eigenvalue weighted by molar-refractivity contribution is -0.126. The number of nitrogens with zero attached hydrogens (tertiary/aromatic N) is 1. The zero-order valence-corrected chi connectivity index (χ0v) is 16.1. The standard InChI is InChI=1S/C19H26FN3O3S/c20-15-4-1-3-14-16(7-12-27-17(14)15)22-19(26)23-9-5-13(6-10-23)18(25)21-8-2-11-24/h1,3-4,13,16,24H,2,5-12H2,(H,21,25)(H,22,26). The Hall–Kier alpha value is -1.80. The third-order valence-electron chi connectivity index (χ3n) is 5.11. The van der Waals surface area contributed by atoms with E-state index in [4.69, 9.17) is 5.11 Å². The molecule has 1 atom stereocenters. The third-order valence-corrected chi connectivity index (χ3v) is 6.27. The van der Waals surface area contributed by atoms with Gasteiger partial charge < -0.3 is 20.6 Å². The van der Waals surface area contributed by atoms with E-state index in [1.54, 1.807) is 11.0 Å². The van der Waals surface area contributed by atoms with Gasteiger partial charge in [0.05, 0.1) is 6.04 Å². The topological polar surface area (TPSA) is 81.7 Å². The molecule has 2 aliphatic rings. The highest BCUT2D eigenvalue weighted by atomic mass is 32.2. The number of carbonyl (C=O) groups is 2. The van der Waals surface area contributed by atoms with E-state index in [0.717, 1.165) is 17.7 Å². The second kappa shape index (κ2) is 9.41. The molecule has 1 aromatic rings. The molecule has 6 nitrogen and oxygen atoms in total. The molecule has 3 rings (SSSR count). The van der Waals surface area contributed by atoms with Gasteiger partial charge in [-0.3, -0.25) is 4.79 Å². The smallest absolute Gasteiger partial charge is 0.317 e. The molecule has 1 aromatic carbocycles. The average molecular weight is 396 g/mol. The van der Waals surface area contributed by atoms with Crippen LogP contribution in [0.5, 0.6) is 0 Å². The lowest BCUT2D eigenvalue weighted by Gasteiger charge is -2.34. The molecule has 1 fully saturated rings. The van der Waals surface area contributed by atoms with Crippen LogP contribution in [-0.4, -0.2) is 53.9 Å². The molecule has 1 unspecified atom stereocenters. The van der Waals surface area contributed by atoms with Crippen LogP contribution in [0.25, 0.3) is 0 Å². The van der Waals surface area contributed by atoms with Crippen LogP contribution in [0.4, 0.5) is 9.18 Å². The van der Waals surface area contributed by atoms with Gasteiger partial charge in [0.2, 0.25) is 5.91 Å². The maximum Gasteiger partial charge on any atom is 0.317 e. The van der Waals surface area contributed by atoms with Gasteiger partial charge in [0, 0.05) is 42.8 Å². The van der Waals surface area contributed by atoms with Crippen molar-refractivity contribution in [3.63, 3.8) is 0 Å².